The van der Waals surface area contributed by atoms with Gasteiger partial charge in [0, 0.05) is 23.1 Å². The number of hydrogen-bond donors (Lipinski definition) is 1. The third kappa shape index (κ3) is 2.59. The summed E-state index contributed by atoms with van der Waals surface area (Å²) in [4.78, 5) is 25.5. The Hall–Kier alpha value is -1.36. The molecule has 1 atom stereocenters. The molecule has 1 aromatic rings. The number of carboxylic acid groups (broad SMARTS) is 1. The minimum atomic E-state index is -0.805. The molecule has 1 N–H and O–H groups in total. The summed E-state index contributed by atoms with van der Waals surface area (Å²) in [6.45, 7) is 4.62. The number of likely N-dealkylation sites (tertiary alicyclic amines) is 1. The molecule has 1 aliphatic heterocycles. The van der Waals surface area contributed by atoms with E-state index in [0.29, 0.717) is 31.5 Å². The van der Waals surface area contributed by atoms with Crippen molar-refractivity contribution < 1.29 is 14.7 Å². The van der Waals surface area contributed by atoms with Gasteiger partial charge in [0.2, 0.25) is 0 Å². The summed E-state index contributed by atoms with van der Waals surface area (Å²) in [5, 5.41) is 9.37. The van der Waals surface area contributed by atoms with Gasteiger partial charge in [0.25, 0.3) is 5.91 Å². The highest BCUT2D eigenvalue weighted by Crippen LogP contribution is 2.35. The Balaban J connectivity index is 2.19. The molecule has 0 saturated carbocycles. The van der Waals surface area contributed by atoms with Gasteiger partial charge in [0.15, 0.2) is 0 Å². The van der Waals surface area contributed by atoms with Crippen LogP contribution in [0.1, 0.15) is 35.7 Å². The summed E-state index contributed by atoms with van der Waals surface area (Å²) in [6, 6.07) is 5.47. The standard InChI is InChI=1S/C15H18BrNO3/c1-3-15(14(19)20)6-7-17(9-15)13(18)11-5-4-10(2)12(16)8-11/h4-5,8H,3,6-7,9H2,1-2H3,(H,19,20). The highest BCUT2D eigenvalue weighted by Gasteiger charge is 2.44. The molecule has 0 aromatic heterocycles. The zero-order valence-electron chi connectivity index (χ0n) is 11.6. The highest BCUT2D eigenvalue weighted by molar-refractivity contribution is 9.10. The van der Waals surface area contributed by atoms with Gasteiger partial charge in [-0.3, -0.25) is 9.59 Å². The minimum absolute atomic E-state index is 0.0951. The third-order valence-corrected chi connectivity index (χ3v) is 5.04. The Kier molecular flexibility index (Phi) is 4.18. The van der Waals surface area contributed by atoms with E-state index in [4.69, 9.17) is 0 Å². The van der Waals surface area contributed by atoms with Gasteiger partial charge < -0.3 is 10.0 Å². The number of aryl methyl sites for hydroxylation is 1. The van der Waals surface area contributed by atoms with E-state index in [1.54, 1.807) is 17.0 Å². The maximum Gasteiger partial charge on any atom is 0.311 e. The summed E-state index contributed by atoms with van der Waals surface area (Å²) in [5.41, 5.74) is 0.883. The number of rotatable bonds is 3. The van der Waals surface area contributed by atoms with Gasteiger partial charge in [-0.2, -0.15) is 0 Å². The lowest BCUT2D eigenvalue weighted by Crippen LogP contribution is -2.36. The number of halogens is 1. The van der Waals surface area contributed by atoms with Crippen molar-refractivity contribution in [1.82, 2.24) is 4.90 Å². The average molecular weight is 340 g/mol. The van der Waals surface area contributed by atoms with Gasteiger partial charge in [0.1, 0.15) is 0 Å². The van der Waals surface area contributed by atoms with E-state index >= 15 is 0 Å². The van der Waals surface area contributed by atoms with E-state index < -0.39 is 11.4 Å². The predicted octanol–water partition coefficient (Wildman–Crippen LogP) is 3.08. The summed E-state index contributed by atoms with van der Waals surface area (Å²) < 4.78 is 0.891. The van der Waals surface area contributed by atoms with Crippen molar-refractivity contribution in [2.24, 2.45) is 5.41 Å². The van der Waals surface area contributed by atoms with E-state index in [9.17, 15) is 14.7 Å². The zero-order valence-corrected chi connectivity index (χ0v) is 13.2. The number of carbonyl (C=O) groups is 2. The quantitative estimate of drug-likeness (QED) is 0.920. The predicted molar refractivity (Wildman–Crippen MR) is 79.8 cm³/mol. The monoisotopic (exact) mass is 339 g/mol. The van der Waals surface area contributed by atoms with E-state index in [1.807, 2.05) is 19.9 Å². The van der Waals surface area contributed by atoms with Crippen LogP contribution in [0.4, 0.5) is 0 Å². The van der Waals surface area contributed by atoms with Gasteiger partial charge in [0.05, 0.1) is 5.41 Å². The maximum atomic E-state index is 12.4. The molecule has 5 heteroatoms. The SMILES string of the molecule is CCC1(C(=O)O)CCN(C(=O)c2ccc(C)c(Br)c2)C1. The van der Waals surface area contributed by atoms with Crippen LogP contribution >= 0.6 is 15.9 Å². The van der Waals surface area contributed by atoms with Crippen LogP contribution < -0.4 is 0 Å². The van der Waals surface area contributed by atoms with Crippen molar-refractivity contribution >= 4 is 27.8 Å². The summed E-state index contributed by atoms with van der Waals surface area (Å²) in [5.74, 6) is -0.900. The summed E-state index contributed by atoms with van der Waals surface area (Å²) >= 11 is 3.42. The number of carboxylic acids is 1. The van der Waals surface area contributed by atoms with Crippen molar-refractivity contribution in [3.05, 3.63) is 33.8 Å². The second-order valence-electron chi connectivity index (χ2n) is 5.38. The fourth-order valence-corrected chi connectivity index (χ4v) is 2.95. The summed E-state index contributed by atoms with van der Waals surface area (Å²) in [7, 11) is 0. The van der Waals surface area contributed by atoms with E-state index in [-0.39, 0.29) is 5.91 Å². The molecule has 108 valence electrons. The normalized spacial score (nSPS) is 22.1. The van der Waals surface area contributed by atoms with Crippen LogP contribution in [-0.4, -0.2) is 35.0 Å². The van der Waals surface area contributed by atoms with E-state index in [2.05, 4.69) is 15.9 Å². The third-order valence-electron chi connectivity index (χ3n) is 4.19. The second-order valence-corrected chi connectivity index (χ2v) is 6.23. The van der Waals surface area contributed by atoms with Crippen molar-refractivity contribution in [1.29, 1.82) is 0 Å². The van der Waals surface area contributed by atoms with Crippen LogP contribution in [0.5, 0.6) is 0 Å². The van der Waals surface area contributed by atoms with Gasteiger partial charge in [-0.15, -0.1) is 0 Å². The molecule has 2 rings (SSSR count). The first-order valence-electron chi connectivity index (χ1n) is 6.68. The molecule has 1 fully saturated rings. The number of aliphatic carboxylic acids is 1. The molecule has 0 spiro atoms. The number of benzene rings is 1. The molecule has 0 aliphatic carbocycles. The van der Waals surface area contributed by atoms with Crippen molar-refractivity contribution in [3.8, 4) is 0 Å². The lowest BCUT2D eigenvalue weighted by Gasteiger charge is -2.23. The Morgan fingerprint density at radius 2 is 2.15 bits per heavy atom. The first kappa shape index (κ1) is 15.0. The zero-order chi connectivity index (χ0) is 14.9. The van der Waals surface area contributed by atoms with Gasteiger partial charge in [-0.25, -0.2) is 0 Å². The van der Waals surface area contributed by atoms with E-state index in [1.165, 1.54) is 0 Å². The molecule has 4 nitrogen and oxygen atoms in total. The Morgan fingerprint density at radius 3 is 2.65 bits per heavy atom. The van der Waals surface area contributed by atoms with Gasteiger partial charge in [-0.05, 0) is 37.5 Å². The van der Waals surface area contributed by atoms with Crippen LogP contribution in [-0.2, 0) is 4.79 Å². The van der Waals surface area contributed by atoms with E-state index in [0.717, 1.165) is 10.0 Å². The van der Waals surface area contributed by atoms with Crippen molar-refractivity contribution in [3.63, 3.8) is 0 Å². The largest absolute Gasteiger partial charge is 0.481 e. The highest BCUT2D eigenvalue weighted by atomic mass is 79.9. The minimum Gasteiger partial charge on any atom is -0.481 e. The molecular weight excluding hydrogens is 322 g/mol. The number of nitrogens with zero attached hydrogens (tertiary/aromatic N) is 1. The van der Waals surface area contributed by atoms with Crippen LogP contribution in [0, 0.1) is 12.3 Å². The molecule has 1 saturated heterocycles. The molecule has 0 bridgehead atoms. The van der Waals surface area contributed by atoms with Crippen LogP contribution in [0.3, 0.4) is 0 Å². The lowest BCUT2D eigenvalue weighted by atomic mass is 9.84. The fourth-order valence-electron chi connectivity index (χ4n) is 2.57. The molecule has 1 heterocycles. The topological polar surface area (TPSA) is 57.6 Å². The second kappa shape index (κ2) is 5.56. The lowest BCUT2D eigenvalue weighted by molar-refractivity contribution is -0.148. The molecule has 1 aromatic carbocycles. The van der Waals surface area contributed by atoms with Gasteiger partial charge in [-0.1, -0.05) is 28.9 Å². The first-order chi connectivity index (χ1) is 9.39. The average Bonchev–Trinajstić information content (AvgIpc) is 2.87. The fraction of sp³-hybridized carbons (Fsp3) is 0.467. The van der Waals surface area contributed by atoms with Gasteiger partial charge >= 0.3 is 5.97 Å². The summed E-state index contributed by atoms with van der Waals surface area (Å²) in [6.07, 6.45) is 1.07. The Labute approximate surface area is 126 Å². The smallest absolute Gasteiger partial charge is 0.311 e. The molecular formula is C15H18BrNO3. The maximum absolute atomic E-state index is 12.4. The van der Waals surface area contributed by atoms with Crippen LogP contribution in [0.2, 0.25) is 0 Å². The first-order valence-corrected chi connectivity index (χ1v) is 7.48. The molecule has 1 unspecified atom stereocenters. The number of hydrogen-bond acceptors (Lipinski definition) is 2. The number of amides is 1. The molecule has 1 aliphatic rings. The number of carbonyl (C=O) groups excluding carboxylic acids is 1. The van der Waals surface area contributed by atoms with Crippen molar-refractivity contribution in [2.45, 2.75) is 26.7 Å². The molecule has 20 heavy (non-hydrogen) atoms. The molecule has 1 amide bonds. The Morgan fingerprint density at radius 1 is 1.45 bits per heavy atom. The molecule has 0 radical (unpaired) electrons. The Bertz CT molecular complexity index is 558. The van der Waals surface area contributed by atoms with Crippen molar-refractivity contribution in [2.75, 3.05) is 13.1 Å². The van der Waals surface area contributed by atoms with Crippen LogP contribution in [0.25, 0.3) is 0 Å². The van der Waals surface area contributed by atoms with Crippen LogP contribution in [0.15, 0.2) is 22.7 Å².